The number of amides is 1. The van der Waals surface area contributed by atoms with Gasteiger partial charge < -0.3 is 10.4 Å². The maximum absolute atomic E-state index is 12.4. The Morgan fingerprint density at radius 3 is 2.38 bits per heavy atom. The summed E-state index contributed by atoms with van der Waals surface area (Å²) in [5.41, 5.74) is 2.23. The van der Waals surface area contributed by atoms with E-state index in [-0.39, 0.29) is 23.7 Å². The second kappa shape index (κ2) is 5.51. The van der Waals surface area contributed by atoms with E-state index >= 15 is 0 Å². The third-order valence-electron chi connectivity index (χ3n) is 5.09. The molecule has 1 aromatic rings. The van der Waals surface area contributed by atoms with Gasteiger partial charge in [-0.25, -0.2) is 0 Å². The molecule has 0 unspecified atom stereocenters. The van der Waals surface area contributed by atoms with Gasteiger partial charge in [0.15, 0.2) is 0 Å². The number of rotatable bonds is 4. The average molecular weight is 287 g/mol. The summed E-state index contributed by atoms with van der Waals surface area (Å²) in [5.74, 6) is -1.27. The Hall–Kier alpha value is -1.84. The van der Waals surface area contributed by atoms with E-state index in [1.165, 1.54) is 5.56 Å². The van der Waals surface area contributed by atoms with Crippen LogP contribution in [0.2, 0.25) is 0 Å². The number of fused-ring (bicyclic) bond motifs is 2. The minimum atomic E-state index is -0.808. The zero-order valence-corrected chi connectivity index (χ0v) is 12.2. The van der Waals surface area contributed by atoms with Crippen molar-refractivity contribution in [2.24, 2.45) is 23.7 Å². The summed E-state index contributed by atoms with van der Waals surface area (Å²) in [7, 11) is 0. The molecule has 0 aliphatic heterocycles. The van der Waals surface area contributed by atoms with Crippen LogP contribution in [0.25, 0.3) is 0 Å². The van der Waals surface area contributed by atoms with Gasteiger partial charge in [0.2, 0.25) is 5.91 Å². The zero-order chi connectivity index (χ0) is 15.0. The molecule has 0 heterocycles. The molecule has 4 atom stereocenters. The van der Waals surface area contributed by atoms with Crippen LogP contribution in [0.3, 0.4) is 0 Å². The van der Waals surface area contributed by atoms with E-state index in [9.17, 15) is 14.7 Å². The number of nitrogens with one attached hydrogen (secondary N) is 1. The number of aliphatic carboxylic acids is 1. The van der Waals surface area contributed by atoms with Crippen LogP contribution in [-0.4, -0.2) is 17.0 Å². The number of carboxylic acid groups (broad SMARTS) is 1. The van der Waals surface area contributed by atoms with Gasteiger partial charge in [0.1, 0.15) is 0 Å². The number of benzene rings is 1. The molecule has 2 aliphatic carbocycles. The van der Waals surface area contributed by atoms with Crippen LogP contribution >= 0.6 is 0 Å². The fraction of sp³-hybridized carbons (Fsp3) is 0.529. The molecule has 0 spiro atoms. The number of aryl methyl sites for hydroxylation is 1. The summed E-state index contributed by atoms with van der Waals surface area (Å²) >= 11 is 0. The normalized spacial score (nSPS) is 30.3. The molecular weight excluding hydrogens is 266 g/mol. The lowest BCUT2D eigenvalue weighted by Crippen LogP contribution is -2.41. The summed E-state index contributed by atoms with van der Waals surface area (Å²) in [5, 5.41) is 12.3. The van der Waals surface area contributed by atoms with Gasteiger partial charge >= 0.3 is 5.97 Å². The van der Waals surface area contributed by atoms with E-state index < -0.39 is 11.9 Å². The molecule has 2 saturated carbocycles. The van der Waals surface area contributed by atoms with Crippen molar-refractivity contribution in [2.45, 2.75) is 32.7 Å². The predicted molar refractivity (Wildman–Crippen MR) is 78.5 cm³/mol. The fourth-order valence-electron chi connectivity index (χ4n) is 4.04. The predicted octanol–water partition coefficient (Wildman–Crippen LogP) is 2.36. The summed E-state index contributed by atoms with van der Waals surface area (Å²) in [6.45, 7) is 2.49. The Morgan fingerprint density at radius 1 is 1.14 bits per heavy atom. The van der Waals surface area contributed by atoms with E-state index in [1.54, 1.807) is 0 Å². The van der Waals surface area contributed by atoms with Crippen LogP contribution in [0.4, 0.5) is 0 Å². The Labute approximate surface area is 124 Å². The van der Waals surface area contributed by atoms with Crippen molar-refractivity contribution in [3.63, 3.8) is 0 Å². The lowest BCUT2D eigenvalue weighted by Gasteiger charge is -2.27. The summed E-state index contributed by atoms with van der Waals surface area (Å²) in [6.07, 6.45) is 2.86. The molecular formula is C17H21NO3. The highest BCUT2D eigenvalue weighted by Crippen LogP contribution is 2.52. The molecule has 0 radical (unpaired) electrons. The molecule has 2 fully saturated rings. The second-order valence-electron chi connectivity index (χ2n) is 6.43. The number of hydrogen-bond acceptors (Lipinski definition) is 2. The first-order chi connectivity index (χ1) is 10.1. The first-order valence-electron chi connectivity index (χ1n) is 7.62. The van der Waals surface area contributed by atoms with E-state index in [0.717, 1.165) is 24.8 Å². The maximum Gasteiger partial charge on any atom is 0.307 e. The van der Waals surface area contributed by atoms with Crippen molar-refractivity contribution in [1.82, 2.24) is 5.32 Å². The molecule has 1 aromatic carbocycles. The topological polar surface area (TPSA) is 66.4 Å². The lowest BCUT2D eigenvalue weighted by molar-refractivity contribution is -0.149. The fourth-order valence-corrected chi connectivity index (χ4v) is 4.04. The third kappa shape index (κ3) is 2.67. The first-order valence-corrected chi connectivity index (χ1v) is 7.62. The molecule has 2 aliphatic rings. The van der Waals surface area contributed by atoms with E-state index in [0.29, 0.717) is 6.54 Å². The Morgan fingerprint density at radius 2 is 1.76 bits per heavy atom. The van der Waals surface area contributed by atoms with Gasteiger partial charge in [-0.3, -0.25) is 9.59 Å². The van der Waals surface area contributed by atoms with Crippen LogP contribution in [-0.2, 0) is 16.1 Å². The highest BCUT2D eigenvalue weighted by molar-refractivity contribution is 5.86. The number of carboxylic acids is 1. The van der Waals surface area contributed by atoms with Crippen LogP contribution in [0.1, 0.15) is 30.4 Å². The molecule has 21 heavy (non-hydrogen) atoms. The van der Waals surface area contributed by atoms with Crippen LogP contribution in [0.15, 0.2) is 24.3 Å². The number of hydrogen-bond donors (Lipinski definition) is 2. The Balaban J connectivity index is 1.64. The van der Waals surface area contributed by atoms with Gasteiger partial charge in [-0.15, -0.1) is 0 Å². The minimum absolute atomic E-state index is 0.0878. The van der Waals surface area contributed by atoms with Gasteiger partial charge in [0, 0.05) is 6.54 Å². The van der Waals surface area contributed by atoms with Crippen LogP contribution < -0.4 is 5.32 Å². The standard InChI is InChI=1S/C17H21NO3/c1-10-2-4-11(5-3-10)9-18-16(19)14-12-6-7-13(8-12)15(14)17(20)21/h2-5,12-15H,6-9H2,1H3,(H,18,19)(H,20,21)/t12-,13-,14+,15+/m0/s1. The first kappa shape index (κ1) is 14.1. The van der Waals surface area contributed by atoms with Crippen molar-refractivity contribution < 1.29 is 14.7 Å². The summed E-state index contributed by atoms with van der Waals surface area (Å²) in [6, 6.07) is 8.01. The van der Waals surface area contributed by atoms with Crippen molar-refractivity contribution in [1.29, 1.82) is 0 Å². The molecule has 112 valence electrons. The molecule has 2 N–H and O–H groups in total. The largest absolute Gasteiger partial charge is 0.481 e. The highest BCUT2D eigenvalue weighted by atomic mass is 16.4. The molecule has 3 rings (SSSR count). The van der Waals surface area contributed by atoms with Gasteiger partial charge in [-0.1, -0.05) is 29.8 Å². The smallest absolute Gasteiger partial charge is 0.307 e. The van der Waals surface area contributed by atoms with Crippen LogP contribution in [0.5, 0.6) is 0 Å². The molecule has 0 saturated heterocycles. The van der Waals surface area contributed by atoms with Crippen LogP contribution in [0, 0.1) is 30.6 Å². The van der Waals surface area contributed by atoms with Crippen molar-refractivity contribution >= 4 is 11.9 Å². The monoisotopic (exact) mass is 287 g/mol. The van der Waals surface area contributed by atoms with Gasteiger partial charge in [0.25, 0.3) is 0 Å². The third-order valence-corrected chi connectivity index (χ3v) is 5.09. The average Bonchev–Trinajstić information content (AvgIpc) is 3.06. The molecule has 0 aromatic heterocycles. The van der Waals surface area contributed by atoms with E-state index in [2.05, 4.69) is 5.32 Å². The lowest BCUT2D eigenvalue weighted by atomic mass is 9.78. The molecule has 4 heteroatoms. The van der Waals surface area contributed by atoms with Crippen molar-refractivity contribution in [3.8, 4) is 0 Å². The van der Waals surface area contributed by atoms with E-state index in [1.807, 2.05) is 31.2 Å². The minimum Gasteiger partial charge on any atom is -0.481 e. The summed E-state index contributed by atoms with van der Waals surface area (Å²) in [4.78, 5) is 23.9. The summed E-state index contributed by atoms with van der Waals surface area (Å²) < 4.78 is 0. The Bertz CT molecular complexity index is 552. The molecule has 2 bridgehead atoms. The quantitative estimate of drug-likeness (QED) is 0.893. The zero-order valence-electron chi connectivity index (χ0n) is 12.2. The molecule has 1 amide bonds. The SMILES string of the molecule is Cc1ccc(CNC(=O)[C@@H]2[C@H]3CC[C@@H](C3)[C@H]2C(=O)O)cc1. The maximum atomic E-state index is 12.4. The Kier molecular flexibility index (Phi) is 3.70. The number of carbonyl (C=O) groups is 2. The molecule has 4 nitrogen and oxygen atoms in total. The van der Waals surface area contributed by atoms with Gasteiger partial charge in [0.05, 0.1) is 11.8 Å². The van der Waals surface area contributed by atoms with Gasteiger partial charge in [-0.05, 0) is 43.6 Å². The van der Waals surface area contributed by atoms with Gasteiger partial charge in [-0.2, -0.15) is 0 Å². The van der Waals surface area contributed by atoms with E-state index in [4.69, 9.17) is 0 Å². The number of carbonyl (C=O) groups excluding carboxylic acids is 1. The highest BCUT2D eigenvalue weighted by Gasteiger charge is 2.53. The van der Waals surface area contributed by atoms with Crippen molar-refractivity contribution in [3.05, 3.63) is 35.4 Å². The van der Waals surface area contributed by atoms with Crippen molar-refractivity contribution in [2.75, 3.05) is 0 Å². The second-order valence-corrected chi connectivity index (χ2v) is 6.43.